The van der Waals surface area contributed by atoms with Crippen LogP contribution in [0.5, 0.6) is 0 Å². The quantitative estimate of drug-likeness (QED) is 0.663. The van der Waals surface area contributed by atoms with Crippen molar-refractivity contribution >= 4 is 0 Å². The van der Waals surface area contributed by atoms with Crippen LogP contribution in [0.25, 0.3) is 0 Å². The Morgan fingerprint density at radius 2 is 2.18 bits per heavy atom. The highest BCUT2D eigenvalue weighted by Gasteiger charge is 2.08. The van der Waals surface area contributed by atoms with E-state index in [-0.39, 0.29) is 5.95 Å². The molecule has 3 nitrogen and oxygen atoms in total. The fourth-order valence-corrected chi connectivity index (χ4v) is 0.909. The molecule has 0 amide bonds. The van der Waals surface area contributed by atoms with Gasteiger partial charge in [0.1, 0.15) is 5.69 Å². The molecule has 0 aliphatic rings. The molecule has 0 aliphatic heterocycles. The zero-order valence-electron chi connectivity index (χ0n) is 6.84. The van der Waals surface area contributed by atoms with Crippen LogP contribution in [0.4, 0.5) is 4.39 Å². The van der Waals surface area contributed by atoms with Gasteiger partial charge in [-0.2, -0.15) is 4.39 Å². The van der Waals surface area contributed by atoms with E-state index in [2.05, 4.69) is 10.3 Å². The molecule has 0 aliphatic carbocycles. The van der Waals surface area contributed by atoms with Crippen molar-refractivity contribution in [2.45, 2.75) is 33.2 Å². The van der Waals surface area contributed by atoms with Crippen LogP contribution < -0.4 is 0 Å². The average Bonchev–Trinajstić information content (AvgIpc) is 2.34. The Hall–Kier alpha value is -0.930. The van der Waals surface area contributed by atoms with Gasteiger partial charge in [-0.3, -0.25) is 0 Å². The molecule has 1 aromatic rings. The lowest BCUT2D eigenvalue weighted by atomic mass is 10.4. The van der Waals surface area contributed by atoms with Crippen LogP contribution in [0, 0.1) is 5.95 Å². The van der Waals surface area contributed by atoms with Gasteiger partial charge in [0.25, 0.3) is 0 Å². The zero-order valence-corrected chi connectivity index (χ0v) is 6.84. The molecule has 11 heavy (non-hydrogen) atoms. The monoisotopic (exact) mass is 157 g/mol. The molecule has 1 rings (SSSR count). The average molecular weight is 157 g/mol. The van der Waals surface area contributed by atoms with E-state index in [0.29, 0.717) is 18.7 Å². The topological polar surface area (TPSA) is 30.7 Å². The predicted molar refractivity (Wildman–Crippen MR) is 39.6 cm³/mol. The summed E-state index contributed by atoms with van der Waals surface area (Å²) in [7, 11) is 0. The van der Waals surface area contributed by atoms with Gasteiger partial charge in [0.05, 0.1) is 0 Å². The molecule has 0 N–H and O–H groups in total. The van der Waals surface area contributed by atoms with Crippen molar-refractivity contribution < 1.29 is 4.39 Å². The van der Waals surface area contributed by atoms with Gasteiger partial charge >= 0.3 is 0 Å². The number of halogens is 1. The Bertz CT molecular complexity index is 232. The normalized spacial score (nSPS) is 10.5. The van der Waals surface area contributed by atoms with E-state index in [0.717, 1.165) is 6.42 Å². The number of nitrogens with zero attached hydrogens (tertiary/aromatic N) is 3. The van der Waals surface area contributed by atoms with E-state index in [1.807, 2.05) is 13.8 Å². The maximum Gasteiger partial charge on any atom is 0.234 e. The predicted octanol–water partition coefficient (Wildman–Crippen LogP) is 1.39. The summed E-state index contributed by atoms with van der Waals surface area (Å²) in [6.07, 6.45) is 1.49. The smallest absolute Gasteiger partial charge is 0.219 e. The second-order valence-corrected chi connectivity index (χ2v) is 2.40. The summed E-state index contributed by atoms with van der Waals surface area (Å²) in [5.74, 6) is -0.283. The number of rotatable bonds is 3. The Balaban J connectivity index is 2.82. The van der Waals surface area contributed by atoms with Crippen molar-refractivity contribution in [2.75, 3.05) is 0 Å². The Kier molecular flexibility index (Phi) is 2.57. The van der Waals surface area contributed by atoms with Crippen LogP contribution >= 0.6 is 0 Å². The van der Waals surface area contributed by atoms with Crippen molar-refractivity contribution in [3.05, 3.63) is 11.6 Å². The highest BCUT2D eigenvalue weighted by atomic mass is 19.1. The van der Waals surface area contributed by atoms with Crippen LogP contribution in [0.1, 0.15) is 26.0 Å². The molecule has 0 saturated carbocycles. The van der Waals surface area contributed by atoms with Crippen LogP contribution in [-0.4, -0.2) is 15.0 Å². The Morgan fingerprint density at radius 3 is 2.64 bits per heavy atom. The third kappa shape index (κ3) is 1.56. The number of hydrogen-bond donors (Lipinski definition) is 0. The fraction of sp³-hybridized carbons (Fsp3) is 0.714. The molecule has 0 atom stereocenters. The maximum atomic E-state index is 13.1. The molecule has 0 radical (unpaired) electrons. The second kappa shape index (κ2) is 3.46. The van der Waals surface area contributed by atoms with Crippen molar-refractivity contribution in [2.24, 2.45) is 0 Å². The third-order valence-corrected chi connectivity index (χ3v) is 1.51. The Labute approximate surface area is 65.2 Å². The van der Waals surface area contributed by atoms with Crippen LogP contribution in [0.3, 0.4) is 0 Å². The third-order valence-electron chi connectivity index (χ3n) is 1.51. The lowest BCUT2D eigenvalue weighted by molar-refractivity contribution is 0.444. The lowest BCUT2D eigenvalue weighted by Crippen LogP contribution is -2.02. The van der Waals surface area contributed by atoms with E-state index in [4.69, 9.17) is 0 Å². The maximum absolute atomic E-state index is 13.1. The second-order valence-electron chi connectivity index (χ2n) is 2.40. The number of aryl methyl sites for hydroxylation is 2. The first-order valence-electron chi connectivity index (χ1n) is 3.87. The summed E-state index contributed by atoms with van der Waals surface area (Å²) in [5, 5.41) is 7.36. The van der Waals surface area contributed by atoms with Gasteiger partial charge in [0.15, 0.2) is 0 Å². The van der Waals surface area contributed by atoms with E-state index in [1.165, 1.54) is 4.68 Å². The van der Waals surface area contributed by atoms with E-state index in [1.54, 1.807) is 0 Å². The van der Waals surface area contributed by atoms with Crippen LogP contribution in [-0.2, 0) is 13.0 Å². The van der Waals surface area contributed by atoms with Gasteiger partial charge in [0, 0.05) is 6.54 Å². The van der Waals surface area contributed by atoms with Gasteiger partial charge in [-0.1, -0.05) is 19.1 Å². The molecule has 0 spiro atoms. The molecule has 4 heteroatoms. The van der Waals surface area contributed by atoms with E-state index in [9.17, 15) is 4.39 Å². The van der Waals surface area contributed by atoms with Crippen molar-refractivity contribution in [1.29, 1.82) is 0 Å². The Morgan fingerprint density at radius 1 is 1.45 bits per heavy atom. The molecule has 0 fully saturated rings. The molecule has 1 heterocycles. The summed E-state index contributed by atoms with van der Waals surface area (Å²) in [5.41, 5.74) is 0.457. The molecule has 0 aromatic carbocycles. The van der Waals surface area contributed by atoms with Crippen molar-refractivity contribution in [3.63, 3.8) is 0 Å². The largest absolute Gasteiger partial charge is 0.234 e. The molecule has 62 valence electrons. The first-order valence-corrected chi connectivity index (χ1v) is 3.87. The molecular formula is C7H12FN3. The minimum atomic E-state index is -0.283. The molecule has 0 unspecified atom stereocenters. The van der Waals surface area contributed by atoms with Crippen molar-refractivity contribution in [3.8, 4) is 0 Å². The summed E-state index contributed by atoms with van der Waals surface area (Å²) in [6.45, 7) is 4.45. The summed E-state index contributed by atoms with van der Waals surface area (Å²) < 4.78 is 14.4. The van der Waals surface area contributed by atoms with Gasteiger partial charge in [-0.15, -0.1) is 5.10 Å². The van der Waals surface area contributed by atoms with Gasteiger partial charge in [-0.25, -0.2) is 4.68 Å². The first-order chi connectivity index (χ1) is 5.29. The number of hydrogen-bond acceptors (Lipinski definition) is 2. The van der Waals surface area contributed by atoms with E-state index < -0.39 is 0 Å². The minimum absolute atomic E-state index is 0.283. The minimum Gasteiger partial charge on any atom is -0.219 e. The van der Waals surface area contributed by atoms with Gasteiger partial charge in [-0.05, 0) is 12.8 Å². The number of aromatic nitrogens is 3. The highest BCUT2D eigenvalue weighted by Crippen LogP contribution is 2.03. The first kappa shape index (κ1) is 8.17. The summed E-state index contributed by atoms with van der Waals surface area (Å²) in [6, 6.07) is 0. The van der Waals surface area contributed by atoms with Crippen LogP contribution in [0.15, 0.2) is 0 Å². The van der Waals surface area contributed by atoms with Gasteiger partial charge in [0.2, 0.25) is 5.95 Å². The van der Waals surface area contributed by atoms with Crippen molar-refractivity contribution in [1.82, 2.24) is 15.0 Å². The fourth-order valence-electron chi connectivity index (χ4n) is 0.909. The SMILES string of the molecule is CCCn1nnc(CC)c1F. The highest BCUT2D eigenvalue weighted by molar-refractivity contribution is 4.94. The molecule has 0 bridgehead atoms. The molecular weight excluding hydrogens is 145 g/mol. The lowest BCUT2D eigenvalue weighted by Gasteiger charge is -1.95. The molecule has 0 saturated heterocycles. The molecule has 1 aromatic heterocycles. The standard InChI is InChI=1S/C7H12FN3/c1-3-5-11-7(8)6(4-2)9-10-11/h3-5H2,1-2H3. The zero-order chi connectivity index (χ0) is 8.27. The van der Waals surface area contributed by atoms with E-state index >= 15 is 0 Å². The summed E-state index contributed by atoms with van der Waals surface area (Å²) >= 11 is 0. The van der Waals surface area contributed by atoms with Crippen LogP contribution in [0.2, 0.25) is 0 Å². The van der Waals surface area contributed by atoms with Gasteiger partial charge < -0.3 is 0 Å². The summed E-state index contributed by atoms with van der Waals surface area (Å²) in [4.78, 5) is 0.